The molecule has 1 amide bonds. The monoisotopic (exact) mass is 365 g/mol. The van der Waals surface area contributed by atoms with E-state index in [1.54, 1.807) is 18.2 Å². The Hall–Kier alpha value is -2.21. The third-order valence-corrected chi connectivity index (χ3v) is 3.74. The molecule has 5 nitrogen and oxygen atoms in total. The number of halogens is 1. The minimum Gasteiger partial charge on any atom is -0.493 e. The standard InChI is InChI=1S/C16H16BrNO4/c1-20-13-8-10(9-14(21-2)15(13)22-3)16(19)18-12-7-5-4-6-11(12)17/h4-9H,1-3H3,(H,18,19). The molecule has 1 N–H and O–H groups in total. The molecular formula is C16H16BrNO4. The van der Waals surface area contributed by atoms with Gasteiger partial charge in [-0.1, -0.05) is 12.1 Å². The average Bonchev–Trinajstić information content (AvgIpc) is 2.55. The number of carbonyl (C=O) groups is 1. The van der Waals surface area contributed by atoms with Gasteiger partial charge in [0.2, 0.25) is 5.75 Å². The summed E-state index contributed by atoms with van der Waals surface area (Å²) in [5, 5.41) is 2.83. The lowest BCUT2D eigenvalue weighted by molar-refractivity contribution is 0.102. The van der Waals surface area contributed by atoms with Gasteiger partial charge in [0, 0.05) is 10.0 Å². The lowest BCUT2D eigenvalue weighted by Crippen LogP contribution is -2.13. The van der Waals surface area contributed by atoms with Crippen molar-refractivity contribution in [1.29, 1.82) is 0 Å². The van der Waals surface area contributed by atoms with E-state index in [1.807, 2.05) is 18.2 Å². The van der Waals surface area contributed by atoms with E-state index in [2.05, 4.69) is 21.2 Å². The van der Waals surface area contributed by atoms with Crippen LogP contribution in [0.1, 0.15) is 10.4 Å². The second-order valence-corrected chi connectivity index (χ2v) is 5.20. The van der Waals surface area contributed by atoms with Crippen LogP contribution >= 0.6 is 15.9 Å². The largest absolute Gasteiger partial charge is 0.493 e. The van der Waals surface area contributed by atoms with Gasteiger partial charge < -0.3 is 19.5 Å². The third-order valence-electron chi connectivity index (χ3n) is 3.05. The van der Waals surface area contributed by atoms with E-state index in [0.717, 1.165) is 4.47 Å². The van der Waals surface area contributed by atoms with Crippen molar-refractivity contribution in [1.82, 2.24) is 0 Å². The Bertz CT molecular complexity index is 663. The number of benzene rings is 2. The van der Waals surface area contributed by atoms with Crippen LogP contribution < -0.4 is 19.5 Å². The Morgan fingerprint density at radius 2 is 1.59 bits per heavy atom. The zero-order chi connectivity index (χ0) is 16.1. The van der Waals surface area contributed by atoms with Crippen molar-refractivity contribution < 1.29 is 19.0 Å². The summed E-state index contributed by atoms with van der Waals surface area (Å²) in [6.07, 6.45) is 0. The number of methoxy groups -OCH3 is 3. The predicted molar refractivity (Wildman–Crippen MR) is 88.2 cm³/mol. The lowest BCUT2D eigenvalue weighted by Gasteiger charge is -2.14. The van der Waals surface area contributed by atoms with E-state index >= 15 is 0 Å². The molecule has 2 rings (SSSR count). The number of anilines is 1. The summed E-state index contributed by atoms with van der Waals surface area (Å²) in [4.78, 5) is 12.4. The van der Waals surface area contributed by atoms with Crippen molar-refractivity contribution in [3.8, 4) is 17.2 Å². The average molecular weight is 366 g/mol. The van der Waals surface area contributed by atoms with Crippen LogP contribution in [0.5, 0.6) is 17.2 Å². The van der Waals surface area contributed by atoms with Gasteiger partial charge in [-0.3, -0.25) is 4.79 Å². The Kier molecular flexibility index (Phi) is 5.27. The van der Waals surface area contributed by atoms with E-state index < -0.39 is 0 Å². The first kappa shape index (κ1) is 16.2. The van der Waals surface area contributed by atoms with E-state index in [1.165, 1.54) is 21.3 Å². The number of ether oxygens (including phenoxy) is 3. The number of hydrogen-bond acceptors (Lipinski definition) is 4. The molecule has 0 heterocycles. The molecule has 0 spiro atoms. The third kappa shape index (κ3) is 3.33. The molecule has 6 heteroatoms. The Balaban J connectivity index is 2.36. The normalized spacial score (nSPS) is 10.0. The molecule has 0 radical (unpaired) electrons. The Morgan fingerprint density at radius 3 is 2.09 bits per heavy atom. The molecule has 0 saturated carbocycles. The first-order chi connectivity index (χ1) is 10.6. The van der Waals surface area contributed by atoms with E-state index in [4.69, 9.17) is 14.2 Å². The molecule has 0 aliphatic carbocycles. The van der Waals surface area contributed by atoms with E-state index in [0.29, 0.717) is 28.5 Å². The quantitative estimate of drug-likeness (QED) is 0.876. The highest BCUT2D eigenvalue weighted by Gasteiger charge is 2.17. The van der Waals surface area contributed by atoms with Gasteiger partial charge >= 0.3 is 0 Å². The fourth-order valence-corrected chi connectivity index (χ4v) is 2.35. The maximum Gasteiger partial charge on any atom is 0.255 e. The van der Waals surface area contributed by atoms with Crippen LogP contribution in [0, 0.1) is 0 Å². The first-order valence-corrected chi connectivity index (χ1v) is 7.26. The maximum absolute atomic E-state index is 12.4. The molecular weight excluding hydrogens is 350 g/mol. The van der Waals surface area contributed by atoms with Gasteiger partial charge in [0.1, 0.15) is 0 Å². The minimum absolute atomic E-state index is 0.272. The maximum atomic E-state index is 12.4. The summed E-state index contributed by atoms with van der Waals surface area (Å²) in [5.41, 5.74) is 1.09. The summed E-state index contributed by atoms with van der Waals surface area (Å²) >= 11 is 3.39. The van der Waals surface area contributed by atoms with Crippen LogP contribution in [0.25, 0.3) is 0 Å². The van der Waals surface area contributed by atoms with Crippen LogP contribution in [0.3, 0.4) is 0 Å². The van der Waals surface area contributed by atoms with Crippen LogP contribution in [0.2, 0.25) is 0 Å². The van der Waals surface area contributed by atoms with E-state index in [-0.39, 0.29) is 5.91 Å². The smallest absolute Gasteiger partial charge is 0.255 e. The molecule has 2 aromatic rings. The molecule has 116 valence electrons. The molecule has 0 atom stereocenters. The molecule has 0 bridgehead atoms. The summed E-state index contributed by atoms with van der Waals surface area (Å²) in [6, 6.07) is 10.6. The lowest BCUT2D eigenvalue weighted by atomic mass is 10.1. The van der Waals surface area contributed by atoms with Gasteiger partial charge in [-0.25, -0.2) is 0 Å². The molecule has 0 fully saturated rings. The molecule has 0 aliphatic rings. The van der Waals surface area contributed by atoms with Crippen molar-refractivity contribution in [3.05, 3.63) is 46.4 Å². The van der Waals surface area contributed by atoms with Gasteiger partial charge in [-0.05, 0) is 40.2 Å². The molecule has 0 saturated heterocycles. The van der Waals surface area contributed by atoms with Crippen molar-refractivity contribution >= 4 is 27.5 Å². The van der Waals surface area contributed by atoms with E-state index in [9.17, 15) is 4.79 Å². The molecule has 0 aromatic heterocycles. The number of para-hydroxylation sites is 1. The molecule has 2 aromatic carbocycles. The first-order valence-electron chi connectivity index (χ1n) is 6.46. The fourth-order valence-electron chi connectivity index (χ4n) is 1.97. The molecule has 0 aliphatic heterocycles. The fraction of sp³-hybridized carbons (Fsp3) is 0.188. The van der Waals surface area contributed by atoms with Gasteiger partial charge in [0.05, 0.1) is 27.0 Å². The second kappa shape index (κ2) is 7.17. The predicted octanol–water partition coefficient (Wildman–Crippen LogP) is 3.73. The van der Waals surface area contributed by atoms with Crippen molar-refractivity contribution in [2.24, 2.45) is 0 Å². The number of hydrogen-bond donors (Lipinski definition) is 1. The minimum atomic E-state index is -0.272. The number of nitrogens with one attached hydrogen (secondary N) is 1. The zero-order valence-electron chi connectivity index (χ0n) is 12.5. The number of amides is 1. The Morgan fingerprint density at radius 1 is 1.00 bits per heavy atom. The highest BCUT2D eigenvalue weighted by Crippen LogP contribution is 2.38. The summed E-state index contributed by atoms with van der Waals surface area (Å²) in [6.45, 7) is 0. The highest BCUT2D eigenvalue weighted by molar-refractivity contribution is 9.10. The summed E-state index contributed by atoms with van der Waals surface area (Å²) in [7, 11) is 4.53. The highest BCUT2D eigenvalue weighted by atomic mass is 79.9. The second-order valence-electron chi connectivity index (χ2n) is 4.35. The van der Waals surface area contributed by atoms with Crippen molar-refractivity contribution in [2.45, 2.75) is 0 Å². The molecule has 0 unspecified atom stereocenters. The summed E-state index contributed by atoms with van der Waals surface area (Å²) in [5.74, 6) is 1.03. The van der Waals surface area contributed by atoms with Gasteiger partial charge in [0.25, 0.3) is 5.91 Å². The van der Waals surface area contributed by atoms with Crippen molar-refractivity contribution in [3.63, 3.8) is 0 Å². The number of rotatable bonds is 5. The van der Waals surface area contributed by atoms with Gasteiger partial charge in [-0.2, -0.15) is 0 Å². The molecule has 22 heavy (non-hydrogen) atoms. The summed E-state index contributed by atoms with van der Waals surface area (Å²) < 4.78 is 16.5. The van der Waals surface area contributed by atoms with Crippen molar-refractivity contribution in [2.75, 3.05) is 26.6 Å². The van der Waals surface area contributed by atoms with Crippen LogP contribution in [-0.2, 0) is 0 Å². The van der Waals surface area contributed by atoms with Gasteiger partial charge in [-0.15, -0.1) is 0 Å². The van der Waals surface area contributed by atoms with Crippen LogP contribution in [0.4, 0.5) is 5.69 Å². The van der Waals surface area contributed by atoms with Crippen LogP contribution in [-0.4, -0.2) is 27.2 Å². The Labute approximate surface area is 137 Å². The van der Waals surface area contributed by atoms with Gasteiger partial charge in [0.15, 0.2) is 11.5 Å². The zero-order valence-corrected chi connectivity index (χ0v) is 14.1. The topological polar surface area (TPSA) is 56.8 Å². The number of carbonyl (C=O) groups excluding carboxylic acids is 1. The van der Waals surface area contributed by atoms with Crippen LogP contribution in [0.15, 0.2) is 40.9 Å². The SMILES string of the molecule is COc1cc(C(=O)Nc2ccccc2Br)cc(OC)c1OC.